The van der Waals surface area contributed by atoms with Gasteiger partial charge in [-0.2, -0.15) is 0 Å². The van der Waals surface area contributed by atoms with Crippen molar-refractivity contribution in [3.63, 3.8) is 0 Å². The van der Waals surface area contributed by atoms with Crippen LogP contribution < -0.4 is 10.3 Å². The Labute approximate surface area is 168 Å². The average molecular weight is 418 g/mol. The van der Waals surface area contributed by atoms with Gasteiger partial charge in [-0.3, -0.25) is 4.79 Å². The van der Waals surface area contributed by atoms with Gasteiger partial charge in [0, 0.05) is 31.6 Å². The normalized spacial score (nSPS) is 14.5. The van der Waals surface area contributed by atoms with Gasteiger partial charge in [0.2, 0.25) is 0 Å². The van der Waals surface area contributed by atoms with Crippen molar-refractivity contribution in [3.8, 4) is 17.0 Å². The third kappa shape index (κ3) is 3.46. The van der Waals surface area contributed by atoms with Crippen molar-refractivity contribution in [3.05, 3.63) is 46.6 Å². The van der Waals surface area contributed by atoms with Crippen molar-refractivity contribution in [2.24, 2.45) is 13.0 Å². The van der Waals surface area contributed by atoms with Crippen LogP contribution in [0.1, 0.15) is 19.3 Å². The molecule has 1 aliphatic rings. The number of ether oxygens (including phenoxy) is 1. The molecule has 0 amide bonds. The average Bonchev–Trinajstić information content (AvgIpc) is 3.45. The highest BCUT2D eigenvalue weighted by Gasteiger charge is 2.27. The van der Waals surface area contributed by atoms with E-state index in [9.17, 15) is 13.2 Å². The van der Waals surface area contributed by atoms with Crippen LogP contribution in [0.3, 0.4) is 0 Å². The first-order valence-corrected chi connectivity index (χ1v) is 11.4. The molecule has 8 heteroatoms. The summed E-state index contributed by atoms with van der Waals surface area (Å²) >= 11 is 0. The van der Waals surface area contributed by atoms with Crippen LogP contribution in [0, 0.1) is 11.7 Å². The maximum Gasteiger partial charge on any atom is 0.292 e. The maximum absolute atomic E-state index is 15.8. The van der Waals surface area contributed by atoms with E-state index in [-0.39, 0.29) is 27.3 Å². The van der Waals surface area contributed by atoms with E-state index in [0.717, 1.165) is 12.7 Å². The van der Waals surface area contributed by atoms with Crippen LogP contribution >= 0.6 is 0 Å². The van der Waals surface area contributed by atoms with Crippen molar-refractivity contribution >= 4 is 20.7 Å². The summed E-state index contributed by atoms with van der Waals surface area (Å²) in [5.41, 5.74) is 0.946. The van der Waals surface area contributed by atoms with E-state index in [4.69, 9.17) is 4.74 Å². The Morgan fingerprint density at radius 2 is 2.00 bits per heavy atom. The van der Waals surface area contributed by atoms with E-state index in [2.05, 4.69) is 0 Å². The summed E-state index contributed by atoms with van der Waals surface area (Å²) in [6.45, 7) is 0.568. The number of fused-ring (bicyclic) bond motifs is 1. The van der Waals surface area contributed by atoms with E-state index in [1.54, 1.807) is 25.4 Å². The zero-order valence-corrected chi connectivity index (χ0v) is 17.4. The van der Waals surface area contributed by atoms with Crippen LogP contribution in [0.5, 0.6) is 5.75 Å². The Balaban J connectivity index is 2.04. The van der Waals surface area contributed by atoms with Crippen molar-refractivity contribution in [2.45, 2.75) is 30.7 Å². The molecule has 6 nitrogen and oxygen atoms in total. The second-order valence-electron chi connectivity index (χ2n) is 7.68. The monoisotopic (exact) mass is 418 g/mol. The number of methoxy groups -OCH3 is 1. The second kappa shape index (κ2) is 7.02. The number of aromatic nitrogens is 2. The molecule has 0 bridgehead atoms. The largest absolute Gasteiger partial charge is 0.491 e. The van der Waals surface area contributed by atoms with Crippen LogP contribution in [0.25, 0.3) is 22.2 Å². The fourth-order valence-electron chi connectivity index (χ4n) is 3.82. The summed E-state index contributed by atoms with van der Waals surface area (Å²) in [6.07, 6.45) is 5.86. The number of halogens is 1. The molecular weight excluding hydrogens is 395 g/mol. The molecule has 154 valence electrons. The number of pyridine rings is 1. The van der Waals surface area contributed by atoms with Crippen molar-refractivity contribution in [1.29, 1.82) is 0 Å². The van der Waals surface area contributed by atoms with Gasteiger partial charge in [0.1, 0.15) is 0 Å². The lowest BCUT2D eigenvalue weighted by Gasteiger charge is -2.13. The SMILES string of the molecule is COc1cc(-c2c(F)c3c(S(C)(=O)=O)cccc3n2CCC2CC2)cn(C)c1=O. The summed E-state index contributed by atoms with van der Waals surface area (Å²) in [4.78, 5) is 12.2. The number of sulfone groups is 1. The standard InChI is InChI=1S/C21H23FN2O4S/c1-23-12-14(11-16(28-2)21(23)25)20-19(22)18-15(24(20)10-9-13-7-8-13)5-4-6-17(18)29(3,26)27/h4-6,11-13H,7-10H2,1-3H3. The third-order valence-corrected chi connectivity index (χ3v) is 6.63. The fourth-order valence-corrected chi connectivity index (χ4v) is 4.71. The van der Waals surface area contributed by atoms with E-state index < -0.39 is 15.7 Å². The zero-order chi connectivity index (χ0) is 20.9. The highest BCUT2D eigenvalue weighted by molar-refractivity contribution is 7.91. The van der Waals surface area contributed by atoms with Crippen molar-refractivity contribution in [2.75, 3.05) is 13.4 Å². The first-order chi connectivity index (χ1) is 13.7. The van der Waals surface area contributed by atoms with Gasteiger partial charge >= 0.3 is 0 Å². The van der Waals surface area contributed by atoms with Gasteiger partial charge in [0.05, 0.1) is 28.6 Å². The lowest BCUT2D eigenvalue weighted by molar-refractivity contribution is 0.405. The molecule has 2 aromatic heterocycles. The number of rotatable bonds is 6. The lowest BCUT2D eigenvalue weighted by atomic mass is 10.1. The lowest BCUT2D eigenvalue weighted by Crippen LogP contribution is -2.18. The number of nitrogens with zero attached hydrogens (tertiary/aromatic N) is 2. The third-order valence-electron chi connectivity index (χ3n) is 5.49. The molecule has 0 radical (unpaired) electrons. The maximum atomic E-state index is 15.8. The van der Waals surface area contributed by atoms with Crippen LogP contribution in [-0.2, 0) is 23.4 Å². The Morgan fingerprint density at radius 3 is 2.62 bits per heavy atom. The molecule has 2 heterocycles. The highest BCUT2D eigenvalue weighted by Crippen LogP contribution is 2.39. The van der Waals surface area contributed by atoms with Crippen LogP contribution in [0.2, 0.25) is 0 Å². The molecule has 0 unspecified atom stereocenters. The minimum absolute atomic E-state index is 0.0318. The molecule has 0 spiro atoms. The van der Waals surface area contributed by atoms with Crippen molar-refractivity contribution < 1.29 is 17.5 Å². The summed E-state index contributed by atoms with van der Waals surface area (Å²) in [5.74, 6) is 0.125. The van der Waals surface area contributed by atoms with E-state index >= 15 is 4.39 Å². The molecule has 1 saturated carbocycles. The van der Waals surface area contributed by atoms with Crippen molar-refractivity contribution in [1.82, 2.24) is 9.13 Å². The summed E-state index contributed by atoms with van der Waals surface area (Å²) in [5, 5.41) is 0.0913. The Bertz CT molecular complexity index is 1270. The van der Waals surface area contributed by atoms with Gasteiger partial charge in [-0.1, -0.05) is 18.9 Å². The van der Waals surface area contributed by atoms with Gasteiger partial charge in [-0.05, 0) is 30.5 Å². The Morgan fingerprint density at radius 1 is 1.28 bits per heavy atom. The number of aryl methyl sites for hydroxylation is 2. The topological polar surface area (TPSA) is 70.3 Å². The molecule has 3 aromatic rings. The van der Waals surface area contributed by atoms with Gasteiger partial charge in [0.25, 0.3) is 5.56 Å². The minimum Gasteiger partial charge on any atom is -0.491 e. The summed E-state index contributed by atoms with van der Waals surface area (Å²) < 4.78 is 48.7. The highest BCUT2D eigenvalue weighted by atomic mass is 32.2. The second-order valence-corrected chi connectivity index (χ2v) is 9.67. The fraction of sp³-hybridized carbons (Fsp3) is 0.381. The number of benzene rings is 1. The van der Waals surface area contributed by atoms with E-state index in [1.165, 1.54) is 36.7 Å². The molecule has 29 heavy (non-hydrogen) atoms. The molecule has 0 aliphatic heterocycles. The zero-order valence-electron chi connectivity index (χ0n) is 16.6. The number of hydrogen-bond acceptors (Lipinski definition) is 4. The molecular formula is C21H23FN2O4S. The van der Waals surface area contributed by atoms with Gasteiger partial charge < -0.3 is 13.9 Å². The molecule has 1 fully saturated rings. The quantitative estimate of drug-likeness (QED) is 0.616. The van der Waals surface area contributed by atoms with Crippen LogP contribution in [-0.4, -0.2) is 30.9 Å². The molecule has 0 N–H and O–H groups in total. The smallest absolute Gasteiger partial charge is 0.292 e. The molecule has 4 rings (SSSR count). The Hall–Kier alpha value is -2.61. The van der Waals surface area contributed by atoms with Gasteiger partial charge in [-0.25, -0.2) is 12.8 Å². The molecule has 1 aliphatic carbocycles. The van der Waals surface area contributed by atoms with Crippen LogP contribution in [0.15, 0.2) is 40.2 Å². The summed E-state index contributed by atoms with van der Waals surface area (Å²) in [6, 6.07) is 6.31. The molecule has 1 aromatic carbocycles. The first-order valence-electron chi connectivity index (χ1n) is 9.48. The minimum atomic E-state index is -3.62. The predicted octanol–water partition coefficient (Wildman–Crippen LogP) is 3.36. The Kier molecular flexibility index (Phi) is 4.77. The van der Waals surface area contributed by atoms with Crippen LogP contribution in [0.4, 0.5) is 4.39 Å². The van der Waals surface area contributed by atoms with Gasteiger partial charge in [-0.15, -0.1) is 0 Å². The first kappa shape index (κ1) is 19.7. The molecule has 0 atom stereocenters. The number of hydrogen-bond donors (Lipinski definition) is 0. The predicted molar refractivity (Wildman–Crippen MR) is 110 cm³/mol. The summed E-state index contributed by atoms with van der Waals surface area (Å²) in [7, 11) is -0.652. The molecule has 0 saturated heterocycles. The van der Waals surface area contributed by atoms with E-state index in [1.807, 2.05) is 4.57 Å². The van der Waals surface area contributed by atoms with E-state index in [0.29, 0.717) is 23.5 Å². The van der Waals surface area contributed by atoms with Gasteiger partial charge in [0.15, 0.2) is 21.4 Å².